The molecule has 4 rings (SSSR count). The SMILES string of the molecule is COc1ccc(-c2n[nH]c(=S)n2CC(=O)Nc2nc(-c3ccc(F)cc3)c(C)s2)cc1. The van der Waals surface area contributed by atoms with E-state index in [-0.39, 0.29) is 18.3 Å². The lowest BCUT2D eigenvalue weighted by atomic mass is 10.1. The molecule has 0 aliphatic rings. The van der Waals surface area contributed by atoms with Crippen molar-refractivity contribution in [1.82, 2.24) is 19.7 Å². The highest BCUT2D eigenvalue weighted by Crippen LogP contribution is 2.30. The molecule has 0 atom stereocenters. The van der Waals surface area contributed by atoms with E-state index in [1.54, 1.807) is 23.8 Å². The Morgan fingerprint density at radius 1 is 1.19 bits per heavy atom. The monoisotopic (exact) mass is 455 g/mol. The van der Waals surface area contributed by atoms with Gasteiger partial charge in [0.1, 0.15) is 18.1 Å². The van der Waals surface area contributed by atoms with Crippen LogP contribution in [0.3, 0.4) is 0 Å². The minimum atomic E-state index is -0.310. The van der Waals surface area contributed by atoms with Crippen molar-refractivity contribution in [3.8, 4) is 28.4 Å². The summed E-state index contributed by atoms with van der Waals surface area (Å²) in [6.45, 7) is 1.88. The van der Waals surface area contributed by atoms with Gasteiger partial charge in [0.15, 0.2) is 15.7 Å². The highest BCUT2D eigenvalue weighted by atomic mass is 32.1. The first-order valence-corrected chi connectivity index (χ1v) is 10.5. The molecule has 1 amide bonds. The Balaban J connectivity index is 1.52. The summed E-state index contributed by atoms with van der Waals surface area (Å²) in [5.74, 6) is 0.671. The summed E-state index contributed by atoms with van der Waals surface area (Å²) in [6, 6.07) is 13.4. The number of anilines is 1. The smallest absolute Gasteiger partial charge is 0.246 e. The van der Waals surface area contributed by atoms with Gasteiger partial charge in [-0.2, -0.15) is 5.10 Å². The quantitative estimate of drug-likeness (QED) is 0.407. The second-order valence-corrected chi connectivity index (χ2v) is 8.24. The highest BCUT2D eigenvalue weighted by Gasteiger charge is 2.16. The summed E-state index contributed by atoms with van der Waals surface area (Å²) in [5.41, 5.74) is 2.29. The van der Waals surface area contributed by atoms with Crippen molar-refractivity contribution in [3.05, 3.63) is 64.0 Å². The number of carbonyl (C=O) groups excluding carboxylic acids is 1. The molecule has 0 fully saturated rings. The van der Waals surface area contributed by atoms with E-state index >= 15 is 0 Å². The zero-order valence-electron chi connectivity index (χ0n) is 16.7. The van der Waals surface area contributed by atoms with Crippen LogP contribution >= 0.6 is 23.6 Å². The summed E-state index contributed by atoms with van der Waals surface area (Å²) in [7, 11) is 1.59. The predicted octanol–water partition coefficient (Wildman–Crippen LogP) is 4.83. The summed E-state index contributed by atoms with van der Waals surface area (Å²) in [4.78, 5) is 18.1. The number of aromatic amines is 1. The van der Waals surface area contributed by atoms with Gasteiger partial charge in [0.05, 0.1) is 12.8 Å². The second kappa shape index (κ2) is 8.78. The minimum absolute atomic E-state index is 0.0266. The number of rotatable bonds is 6. The van der Waals surface area contributed by atoms with E-state index in [9.17, 15) is 9.18 Å². The molecule has 0 aliphatic carbocycles. The normalized spacial score (nSPS) is 10.8. The lowest BCUT2D eigenvalue weighted by Crippen LogP contribution is -2.19. The van der Waals surface area contributed by atoms with Crippen molar-refractivity contribution >= 4 is 34.6 Å². The topological polar surface area (TPSA) is 84.8 Å². The van der Waals surface area contributed by atoms with Crippen LogP contribution in [-0.4, -0.2) is 32.8 Å². The van der Waals surface area contributed by atoms with Crippen LogP contribution in [-0.2, 0) is 11.3 Å². The molecule has 0 spiro atoms. The van der Waals surface area contributed by atoms with Crippen molar-refractivity contribution in [2.45, 2.75) is 13.5 Å². The van der Waals surface area contributed by atoms with E-state index in [4.69, 9.17) is 17.0 Å². The van der Waals surface area contributed by atoms with Crippen LogP contribution in [0.4, 0.5) is 9.52 Å². The first kappa shape index (κ1) is 20.9. The number of nitrogens with zero attached hydrogens (tertiary/aromatic N) is 3. The summed E-state index contributed by atoms with van der Waals surface area (Å²) in [6.07, 6.45) is 0. The van der Waals surface area contributed by atoms with Gasteiger partial charge >= 0.3 is 0 Å². The fourth-order valence-corrected chi connectivity index (χ4v) is 4.10. The molecule has 0 radical (unpaired) electrons. The molecule has 7 nitrogen and oxygen atoms in total. The minimum Gasteiger partial charge on any atom is -0.497 e. The Morgan fingerprint density at radius 3 is 2.55 bits per heavy atom. The number of halogens is 1. The van der Waals surface area contributed by atoms with Crippen molar-refractivity contribution in [2.75, 3.05) is 12.4 Å². The molecular formula is C21H18FN5O2S2. The van der Waals surface area contributed by atoms with E-state index in [1.807, 2.05) is 31.2 Å². The average molecular weight is 456 g/mol. The number of hydrogen-bond donors (Lipinski definition) is 2. The van der Waals surface area contributed by atoms with Crippen LogP contribution in [0.2, 0.25) is 0 Å². The van der Waals surface area contributed by atoms with Gasteiger partial charge in [-0.25, -0.2) is 9.37 Å². The third-order valence-corrected chi connectivity index (χ3v) is 5.77. The molecular weight excluding hydrogens is 437 g/mol. The van der Waals surface area contributed by atoms with Crippen LogP contribution in [0.5, 0.6) is 5.75 Å². The molecule has 2 heterocycles. The van der Waals surface area contributed by atoms with Crippen molar-refractivity contribution < 1.29 is 13.9 Å². The van der Waals surface area contributed by atoms with Gasteiger partial charge in [-0.15, -0.1) is 11.3 Å². The fraction of sp³-hybridized carbons (Fsp3) is 0.143. The van der Waals surface area contributed by atoms with E-state index in [0.717, 1.165) is 21.8 Å². The fourth-order valence-electron chi connectivity index (χ4n) is 3.05. The molecule has 2 aromatic carbocycles. The predicted molar refractivity (Wildman–Crippen MR) is 120 cm³/mol. The summed E-state index contributed by atoms with van der Waals surface area (Å²) < 4.78 is 20.3. The lowest BCUT2D eigenvalue weighted by molar-refractivity contribution is -0.116. The molecule has 0 aliphatic heterocycles. The first-order valence-electron chi connectivity index (χ1n) is 9.27. The van der Waals surface area contributed by atoms with Gasteiger partial charge in [0, 0.05) is 16.0 Å². The van der Waals surface area contributed by atoms with Crippen LogP contribution in [0.1, 0.15) is 4.88 Å². The third-order valence-electron chi connectivity index (χ3n) is 4.57. The van der Waals surface area contributed by atoms with Gasteiger partial charge in [-0.05, 0) is 67.7 Å². The number of aryl methyl sites for hydroxylation is 1. The number of benzene rings is 2. The zero-order valence-corrected chi connectivity index (χ0v) is 18.3. The van der Waals surface area contributed by atoms with Gasteiger partial charge in [-0.1, -0.05) is 0 Å². The number of aromatic nitrogens is 4. The molecule has 4 aromatic rings. The van der Waals surface area contributed by atoms with Crippen molar-refractivity contribution in [2.24, 2.45) is 0 Å². The first-order chi connectivity index (χ1) is 14.9. The largest absolute Gasteiger partial charge is 0.497 e. The van der Waals surface area contributed by atoms with Gasteiger partial charge in [0.25, 0.3) is 0 Å². The maximum absolute atomic E-state index is 13.2. The highest BCUT2D eigenvalue weighted by molar-refractivity contribution is 7.71. The summed E-state index contributed by atoms with van der Waals surface area (Å²) in [5, 5.41) is 10.3. The van der Waals surface area contributed by atoms with Gasteiger partial charge < -0.3 is 10.1 Å². The third kappa shape index (κ3) is 4.54. The molecule has 0 saturated carbocycles. The Kier molecular flexibility index (Phi) is 5.92. The molecule has 0 saturated heterocycles. The van der Waals surface area contributed by atoms with Crippen LogP contribution < -0.4 is 10.1 Å². The number of hydrogen-bond acceptors (Lipinski definition) is 6. The Labute approximate surface area is 186 Å². The van der Waals surface area contributed by atoms with E-state index in [1.165, 1.54) is 23.5 Å². The van der Waals surface area contributed by atoms with Gasteiger partial charge in [0.2, 0.25) is 5.91 Å². The number of H-pyrrole nitrogens is 1. The molecule has 31 heavy (non-hydrogen) atoms. The zero-order chi connectivity index (χ0) is 22.0. The maximum atomic E-state index is 13.2. The van der Waals surface area contributed by atoms with Crippen LogP contribution in [0, 0.1) is 17.5 Å². The second-order valence-electron chi connectivity index (χ2n) is 6.65. The van der Waals surface area contributed by atoms with E-state index in [0.29, 0.717) is 21.4 Å². The van der Waals surface area contributed by atoms with Crippen LogP contribution in [0.15, 0.2) is 48.5 Å². The molecule has 0 unspecified atom stereocenters. The number of thiazole rings is 1. The molecule has 0 bridgehead atoms. The Morgan fingerprint density at radius 2 is 1.87 bits per heavy atom. The van der Waals surface area contributed by atoms with Crippen molar-refractivity contribution in [1.29, 1.82) is 0 Å². The number of ether oxygens (including phenoxy) is 1. The summed E-state index contributed by atoms with van der Waals surface area (Å²) >= 11 is 6.65. The average Bonchev–Trinajstić information content (AvgIpc) is 3.31. The molecule has 158 valence electrons. The molecule has 2 N–H and O–H groups in total. The van der Waals surface area contributed by atoms with Gasteiger partial charge in [-0.3, -0.25) is 14.5 Å². The van der Waals surface area contributed by atoms with E-state index < -0.39 is 0 Å². The van der Waals surface area contributed by atoms with Crippen LogP contribution in [0.25, 0.3) is 22.6 Å². The van der Waals surface area contributed by atoms with E-state index in [2.05, 4.69) is 20.5 Å². The number of amides is 1. The molecule has 2 aromatic heterocycles. The maximum Gasteiger partial charge on any atom is 0.246 e. The van der Waals surface area contributed by atoms with Crippen molar-refractivity contribution in [3.63, 3.8) is 0 Å². The lowest BCUT2D eigenvalue weighted by Gasteiger charge is -2.07. The Hall–Kier alpha value is -3.37. The molecule has 10 heteroatoms. The Bertz CT molecular complexity index is 1280. The standard InChI is InChI=1S/C21H18FN5O2S2/c1-12-18(13-3-7-15(22)8-4-13)24-20(31-12)23-17(28)11-27-19(25-26-21(27)30)14-5-9-16(29-2)10-6-14/h3-10H,11H2,1-2H3,(H,26,30)(H,23,24,28). The number of methoxy groups -OCH3 is 1. The number of nitrogens with one attached hydrogen (secondary N) is 2. The number of carbonyl (C=O) groups is 1.